The second kappa shape index (κ2) is 6.71. The number of anilines is 1. The van der Waals surface area contributed by atoms with Crippen molar-refractivity contribution in [1.82, 2.24) is 10.2 Å². The fourth-order valence-electron chi connectivity index (χ4n) is 3.54. The number of aromatic hydroxyl groups is 1. The molecule has 3 heterocycles. The maximum atomic E-state index is 12.8. The van der Waals surface area contributed by atoms with Crippen molar-refractivity contribution in [3.63, 3.8) is 0 Å². The molecular formula is C18H19BrClN3O2S. The highest BCUT2D eigenvalue weighted by Gasteiger charge is 2.34. The van der Waals surface area contributed by atoms with Crippen molar-refractivity contribution in [2.45, 2.75) is 39.0 Å². The monoisotopic (exact) mass is 455 g/mol. The number of nitrogens with one attached hydrogen (secondary N) is 2. The van der Waals surface area contributed by atoms with Gasteiger partial charge in [-0.25, -0.2) is 0 Å². The Morgan fingerprint density at radius 1 is 1.38 bits per heavy atom. The van der Waals surface area contributed by atoms with Gasteiger partial charge in [0.2, 0.25) is 0 Å². The van der Waals surface area contributed by atoms with Gasteiger partial charge in [0.05, 0.1) is 10.6 Å². The largest absolute Gasteiger partial charge is 0.506 e. The maximum absolute atomic E-state index is 12.8. The van der Waals surface area contributed by atoms with Crippen molar-refractivity contribution in [3.8, 4) is 5.75 Å². The van der Waals surface area contributed by atoms with Crippen molar-refractivity contribution < 1.29 is 9.90 Å². The number of amides is 1. The quantitative estimate of drug-likeness (QED) is 0.623. The van der Waals surface area contributed by atoms with Crippen LogP contribution < -0.4 is 10.6 Å². The van der Waals surface area contributed by atoms with Gasteiger partial charge in [0.25, 0.3) is 5.91 Å². The summed E-state index contributed by atoms with van der Waals surface area (Å²) >= 11 is 11.1. The minimum absolute atomic E-state index is 0.0246. The normalized spacial score (nSPS) is 19.7. The first-order valence-corrected chi connectivity index (χ1v) is 10.5. The van der Waals surface area contributed by atoms with Crippen molar-refractivity contribution >= 4 is 49.8 Å². The topological polar surface area (TPSA) is 64.6 Å². The second-order valence-electron chi connectivity index (χ2n) is 6.90. The lowest BCUT2D eigenvalue weighted by atomic mass is 9.99. The first kappa shape index (κ1) is 18.1. The van der Waals surface area contributed by atoms with Crippen LogP contribution in [0.4, 0.5) is 5.00 Å². The van der Waals surface area contributed by atoms with Gasteiger partial charge in [0.15, 0.2) is 0 Å². The van der Waals surface area contributed by atoms with Crippen molar-refractivity contribution in [3.05, 3.63) is 43.2 Å². The number of halogens is 2. The van der Waals surface area contributed by atoms with Crippen LogP contribution in [0.1, 0.15) is 46.4 Å². The Balaban J connectivity index is 1.69. The number of thiophene rings is 1. The summed E-state index contributed by atoms with van der Waals surface area (Å²) in [5.41, 5.74) is 2.45. The zero-order valence-electron chi connectivity index (χ0n) is 14.4. The molecule has 3 N–H and O–H groups in total. The number of fused-ring (bicyclic) bond motifs is 3. The number of nitrogens with zero attached hydrogens (tertiary/aromatic N) is 1. The summed E-state index contributed by atoms with van der Waals surface area (Å²) in [5, 5.41) is 17.8. The van der Waals surface area contributed by atoms with E-state index >= 15 is 0 Å². The molecule has 0 unspecified atom stereocenters. The third-order valence-electron chi connectivity index (χ3n) is 4.96. The van der Waals surface area contributed by atoms with Gasteiger partial charge < -0.3 is 15.7 Å². The predicted molar refractivity (Wildman–Crippen MR) is 108 cm³/mol. The maximum Gasteiger partial charge on any atom is 0.256 e. The van der Waals surface area contributed by atoms with E-state index in [-0.39, 0.29) is 16.7 Å². The standard InChI is InChI=1S/C18H19BrClN3O2S/c1-8(2)23-4-3-10-13(7-23)26-18-14(10)17(25)21-16(22-18)11-5-9(19)6-12(20)15(11)24/h5-6,8,16,22,24H,3-4,7H2,1-2H3,(H,21,25)/t16-/m1/s1. The molecule has 0 saturated heterocycles. The fourth-order valence-corrected chi connectivity index (χ4v) is 5.67. The number of phenols is 1. The zero-order valence-corrected chi connectivity index (χ0v) is 17.6. The van der Waals surface area contributed by atoms with E-state index in [2.05, 4.69) is 45.3 Å². The number of hydrogen-bond donors (Lipinski definition) is 3. The van der Waals surface area contributed by atoms with Crippen LogP contribution in [0.25, 0.3) is 0 Å². The Bertz CT molecular complexity index is 899. The van der Waals surface area contributed by atoms with E-state index in [1.807, 2.05) is 0 Å². The molecule has 1 aromatic carbocycles. The first-order valence-electron chi connectivity index (χ1n) is 8.49. The van der Waals surface area contributed by atoms with E-state index in [0.29, 0.717) is 11.6 Å². The van der Waals surface area contributed by atoms with Crippen LogP contribution in [-0.4, -0.2) is 28.5 Å². The predicted octanol–water partition coefficient (Wildman–Crippen LogP) is 4.49. The lowest BCUT2D eigenvalue weighted by Gasteiger charge is -2.31. The van der Waals surface area contributed by atoms with E-state index < -0.39 is 6.17 Å². The zero-order chi connectivity index (χ0) is 18.6. The van der Waals surface area contributed by atoms with Gasteiger partial charge in [-0.15, -0.1) is 11.3 Å². The van der Waals surface area contributed by atoms with Crippen LogP contribution in [0.15, 0.2) is 16.6 Å². The van der Waals surface area contributed by atoms with Crippen molar-refractivity contribution in [1.29, 1.82) is 0 Å². The highest BCUT2D eigenvalue weighted by Crippen LogP contribution is 2.43. The Morgan fingerprint density at radius 2 is 2.15 bits per heavy atom. The Kier molecular flexibility index (Phi) is 4.67. The Hall–Kier alpha value is -1.28. The minimum atomic E-state index is -0.522. The van der Waals surface area contributed by atoms with Crippen LogP contribution in [-0.2, 0) is 13.0 Å². The van der Waals surface area contributed by atoms with Gasteiger partial charge in [0.1, 0.15) is 16.9 Å². The average Bonchev–Trinajstić information content (AvgIpc) is 2.95. The van der Waals surface area contributed by atoms with Crippen molar-refractivity contribution in [2.24, 2.45) is 0 Å². The second-order valence-corrected chi connectivity index (χ2v) is 9.33. The highest BCUT2D eigenvalue weighted by atomic mass is 79.9. The molecule has 0 radical (unpaired) electrons. The molecule has 0 bridgehead atoms. The van der Waals surface area contributed by atoms with Gasteiger partial charge in [0, 0.05) is 34.0 Å². The molecule has 2 aromatic rings. The molecule has 1 amide bonds. The Labute approximate surface area is 169 Å². The van der Waals surface area contributed by atoms with E-state index in [1.165, 1.54) is 4.88 Å². The molecule has 1 aromatic heterocycles. The van der Waals surface area contributed by atoms with Gasteiger partial charge >= 0.3 is 0 Å². The number of hydrogen-bond acceptors (Lipinski definition) is 5. The molecule has 0 aliphatic carbocycles. The van der Waals surface area contributed by atoms with E-state index in [9.17, 15) is 9.90 Å². The third-order valence-corrected chi connectivity index (χ3v) is 6.86. The lowest BCUT2D eigenvalue weighted by molar-refractivity contribution is 0.0934. The minimum Gasteiger partial charge on any atom is -0.506 e. The molecule has 4 rings (SSSR count). The summed E-state index contributed by atoms with van der Waals surface area (Å²) in [6.45, 7) is 6.23. The van der Waals surface area contributed by atoms with Crippen LogP contribution in [0, 0.1) is 0 Å². The molecule has 2 aliphatic rings. The average molecular weight is 457 g/mol. The van der Waals surface area contributed by atoms with E-state index in [1.54, 1.807) is 23.5 Å². The third kappa shape index (κ3) is 3.01. The van der Waals surface area contributed by atoms with Crippen LogP contribution >= 0.6 is 38.9 Å². The lowest BCUT2D eigenvalue weighted by Crippen LogP contribution is -2.39. The van der Waals surface area contributed by atoms with Gasteiger partial charge in [-0.2, -0.15) is 0 Å². The Morgan fingerprint density at radius 3 is 2.88 bits per heavy atom. The van der Waals surface area contributed by atoms with Crippen molar-refractivity contribution in [2.75, 3.05) is 11.9 Å². The van der Waals surface area contributed by atoms with Crippen LogP contribution in [0.2, 0.25) is 5.02 Å². The molecule has 1 atom stereocenters. The summed E-state index contributed by atoms with van der Waals surface area (Å²) in [7, 11) is 0. The van der Waals surface area contributed by atoms with Gasteiger partial charge in [-0.3, -0.25) is 9.69 Å². The molecule has 0 spiro atoms. The smallest absolute Gasteiger partial charge is 0.256 e. The van der Waals surface area contributed by atoms with Crippen LogP contribution in [0.3, 0.4) is 0 Å². The van der Waals surface area contributed by atoms with E-state index in [0.717, 1.165) is 40.1 Å². The molecule has 0 saturated carbocycles. The first-order chi connectivity index (χ1) is 12.3. The fraction of sp³-hybridized carbons (Fsp3) is 0.389. The molecule has 0 fully saturated rings. The van der Waals surface area contributed by atoms with E-state index in [4.69, 9.17) is 11.6 Å². The summed E-state index contributed by atoms with van der Waals surface area (Å²) in [6.07, 6.45) is 0.360. The summed E-state index contributed by atoms with van der Waals surface area (Å²) < 4.78 is 0.746. The van der Waals surface area contributed by atoms with Gasteiger partial charge in [-0.1, -0.05) is 27.5 Å². The summed E-state index contributed by atoms with van der Waals surface area (Å²) in [6, 6.07) is 3.87. The number of carbonyl (C=O) groups excluding carboxylic acids is 1. The van der Waals surface area contributed by atoms with Crippen LogP contribution in [0.5, 0.6) is 5.75 Å². The number of rotatable bonds is 2. The molecule has 138 valence electrons. The van der Waals surface area contributed by atoms with Gasteiger partial charge in [-0.05, 0) is 38.0 Å². The molecular weight excluding hydrogens is 438 g/mol. The highest BCUT2D eigenvalue weighted by molar-refractivity contribution is 9.10. The summed E-state index contributed by atoms with van der Waals surface area (Å²) in [4.78, 5) is 16.5. The SMILES string of the molecule is CC(C)N1CCc2c(sc3c2C(=O)N[C@@H](c2cc(Br)cc(Cl)c2O)N3)C1. The number of carbonyl (C=O) groups is 1. The molecule has 2 aliphatic heterocycles. The number of phenolic OH excluding ortho intramolecular Hbond substituents is 1. The summed E-state index contributed by atoms with van der Waals surface area (Å²) in [5.74, 6) is -0.127. The molecule has 26 heavy (non-hydrogen) atoms. The molecule has 8 heteroatoms. The number of benzene rings is 1. The molecule has 5 nitrogen and oxygen atoms in total.